The zero-order valence-electron chi connectivity index (χ0n) is 16.0. The van der Waals surface area contributed by atoms with Crippen molar-refractivity contribution in [3.8, 4) is 0 Å². The average Bonchev–Trinajstić information content (AvgIpc) is 3.44. The number of anilines is 3. The lowest BCUT2D eigenvalue weighted by Gasteiger charge is -2.18. The van der Waals surface area contributed by atoms with Crippen LogP contribution in [-0.4, -0.2) is 41.0 Å². The largest absolute Gasteiger partial charge is 0.479 e. The van der Waals surface area contributed by atoms with E-state index in [1.165, 1.54) is 37.0 Å². The van der Waals surface area contributed by atoms with Crippen molar-refractivity contribution in [2.45, 2.75) is 12.8 Å². The summed E-state index contributed by atoms with van der Waals surface area (Å²) in [4.78, 5) is 15.8. The van der Waals surface area contributed by atoms with Gasteiger partial charge in [-0.3, -0.25) is 5.41 Å². The van der Waals surface area contributed by atoms with E-state index in [-0.39, 0.29) is 5.90 Å². The SMILES string of the molecule is COC(=N)c1nc2ccc3ncnc(Nc4ccc(N5CCCC5)cc4)c3c2s1. The van der Waals surface area contributed by atoms with Gasteiger partial charge in [-0.15, -0.1) is 11.3 Å². The van der Waals surface area contributed by atoms with E-state index in [4.69, 9.17) is 10.1 Å². The molecule has 3 heterocycles. The van der Waals surface area contributed by atoms with Gasteiger partial charge in [0.1, 0.15) is 12.1 Å². The third kappa shape index (κ3) is 3.25. The van der Waals surface area contributed by atoms with E-state index in [2.05, 4.69) is 49.4 Å². The zero-order valence-corrected chi connectivity index (χ0v) is 16.8. The second-order valence-electron chi connectivity index (χ2n) is 6.95. The highest BCUT2D eigenvalue weighted by atomic mass is 32.1. The number of hydrogen-bond acceptors (Lipinski definition) is 8. The molecule has 2 N–H and O–H groups in total. The van der Waals surface area contributed by atoms with Gasteiger partial charge in [-0.2, -0.15) is 0 Å². The standard InChI is InChI=1S/C21H20N6OS/c1-28-19(22)21-26-16-9-8-15-17(18(16)29-21)20(24-12-23-15)25-13-4-6-14(7-5-13)27-10-2-3-11-27/h4-9,12,22H,2-3,10-11H2,1H3,(H,23,24,25). The Morgan fingerprint density at radius 3 is 2.59 bits per heavy atom. The lowest BCUT2D eigenvalue weighted by Crippen LogP contribution is -2.17. The van der Waals surface area contributed by atoms with Gasteiger partial charge in [-0.05, 0) is 49.2 Å². The predicted octanol–water partition coefficient (Wildman–Crippen LogP) is 4.56. The van der Waals surface area contributed by atoms with Crippen LogP contribution in [0.15, 0.2) is 42.7 Å². The number of nitrogens with zero attached hydrogens (tertiary/aromatic N) is 4. The first-order valence-electron chi connectivity index (χ1n) is 9.52. The lowest BCUT2D eigenvalue weighted by molar-refractivity contribution is 0.401. The Morgan fingerprint density at radius 1 is 1.07 bits per heavy atom. The van der Waals surface area contributed by atoms with Crippen LogP contribution >= 0.6 is 11.3 Å². The quantitative estimate of drug-likeness (QED) is 0.383. The predicted molar refractivity (Wildman–Crippen MR) is 118 cm³/mol. The van der Waals surface area contributed by atoms with E-state index in [0.717, 1.165) is 45.7 Å². The summed E-state index contributed by atoms with van der Waals surface area (Å²) in [5.41, 5.74) is 3.87. The first kappa shape index (κ1) is 17.8. The van der Waals surface area contributed by atoms with Gasteiger partial charge in [0.25, 0.3) is 0 Å². The number of ether oxygens (including phenoxy) is 1. The number of rotatable bonds is 4. The highest BCUT2D eigenvalue weighted by molar-refractivity contribution is 7.21. The molecule has 4 aromatic rings. The first-order chi connectivity index (χ1) is 14.2. The van der Waals surface area contributed by atoms with Crippen LogP contribution in [0.25, 0.3) is 21.1 Å². The maximum absolute atomic E-state index is 7.92. The molecule has 0 unspecified atom stereocenters. The summed E-state index contributed by atoms with van der Waals surface area (Å²) in [5.74, 6) is 0.789. The van der Waals surface area contributed by atoms with Gasteiger partial charge in [0.05, 0.1) is 28.2 Å². The van der Waals surface area contributed by atoms with Gasteiger partial charge in [0, 0.05) is 24.5 Å². The van der Waals surface area contributed by atoms with Crippen molar-refractivity contribution < 1.29 is 4.74 Å². The third-order valence-electron chi connectivity index (χ3n) is 5.16. The molecule has 0 amide bonds. The summed E-state index contributed by atoms with van der Waals surface area (Å²) in [6.07, 6.45) is 4.09. The molecule has 29 heavy (non-hydrogen) atoms. The molecule has 1 aliphatic heterocycles. The Balaban J connectivity index is 1.54. The molecule has 0 radical (unpaired) electrons. The smallest absolute Gasteiger partial charge is 0.242 e. The van der Waals surface area contributed by atoms with Gasteiger partial charge in [-0.1, -0.05) is 0 Å². The minimum absolute atomic E-state index is 0.0585. The van der Waals surface area contributed by atoms with Gasteiger partial charge >= 0.3 is 0 Å². The van der Waals surface area contributed by atoms with E-state index < -0.39 is 0 Å². The number of benzene rings is 2. The number of fused-ring (bicyclic) bond motifs is 3. The number of hydrogen-bond donors (Lipinski definition) is 2. The number of thiazole rings is 1. The molecule has 2 aromatic carbocycles. The van der Waals surface area contributed by atoms with Gasteiger partial charge < -0.3 is 15.0 Å². The highest BCUT2D eigenvalue weighted by Crippen LogP contribution is 2.34. The van der Waals surface area contributed by atoms with Gasteiger partial charge in [0.15, 0.2) is 5.01 Å². The molecule has 146 valence electrons. The Morgan fingerprint density at radius 2 is 1.83 bits per heavy atom. The number of methoxy groups -OCH3 is 1. The minimum atomic E-state index is 0.0585. The fourth-order valence-corrected chi connectivity index (χ4v) is 4.71. The average molecular weight is 404 g/mol. The summed E-state index contributed by atoms with van der Waals surface area (Å²) >= 11 is 1.42. The Kier molecular flexibility index (Phi) is 4.48. The summed E-state index contributed by atoms with van der Waals surface area (Å²) in [7, 11) is 1.48. The second-order valence-corrected chi connectivity index (χ2v) is 7.95. The third-order valence-corrected chi connectivity index (χ3v) is 6.24. The molecule has 5 rings (SSSR count). The van der Waals surface area contributed by atoms with Crippen molar-refractivity contribution in [3.63, 3.8) is 0 Å². The molecule has 1 saturated heterocycles. The van der Waals surface area contributed by atoms with Crippen LogP contribution in [-0.2, 0) is 4.74 Å². The maximum Gasteiger partial charge on any atom is 0.242 e. The molecule has 0 saturated carbocycles. The van der Waals surface area contributed by atoms with E-state index in [9.17, 15) is 0 Å². The number of nitrogens with one attached hydrogen (secondary N) is 2. The van der Waals surface area contributed by atoms with E-state index in [0.29, 0.717) is 5.01 Å². The molecular weight excluding hydrogens is 384 g/mol. The van der Waals surface area contributed by atoms with Crippen LogP contribution in [0.3, 0.4) is 0 Å². The molecule has 2 aromatic heterocycles. The van der Waals surface area contributed by atoms with Gasteiger partial charge in [-0.25, -0.2) is 15.0 Å². The van der Waals surface area contributed by atoms with Gasteiger partial charge in [0.2, 0.25) is 5.90 Å². The van der Waals surface area contributed by atoms with E-state index >= 15 is 0 Å². The Bertz CT molecular complexity index is 1200. The topological polar surface area (TPSA) is 87.0 Å². The number of aromatic nitrogens is 3. The fourth-order valence-electron chi connectivity index (χ4n) is 3.68. The van der Waals surface area contributed by atoms with Crippen molar-refractivity contribution in [3.05, 3.63) is 47.7 Å². The van der Waals surface area contributed by atoms with Crippen molar-refractivity contribution in [1.82, 2.24) is 15.0 Å². The Hall–Kier alpha value is -3.26. The molecule has 1 aliphatic rings. The van der Waals surface area contributed by atoms with Crippen molar-refractivity contribution >= 4 is 55.5 Å². The van der Waals surface area contributed by atoms with Crippen LogP contribution in [0.5, 0.6) is 0 Å². The lowest BCUT2D eigenvalue weighted by atomic mass is 10.2. The van der Waals surface area contributed by atoms with Crippen molar-refractivity contribution in [2.24, 2.45) is 0 Å². The summed E-state index contributed by atoms with van der Waals surface area (Å²) in [6, 6.07) is 12.3. The van der Waals surface area contributed by atoms with Crippen LogP contribution in [0.1, 0.15) is 17.8 Å². The molecule has 8 heteroatoms. The summed E-state index contributed by atoms with van der Waals surface area (Å²) in [5, 5.41) is 12.8. The second kappa shape index (κ2) is 7.29. The summed E-state index contributed by atoms with van der Waals surface area (Å²) in [6.45, 7) is 2.26. The van der Waals surface area contributed by atoms with Crippen molar-refractivity contribution in [1.29, 1.82) is 5.41 Å². The first-order valence-corrected chi connectivity index (χ1v) is 10.3. The van der Waals surface area contributed by atoms with Crippen LogP contribution < -0.4 is 10.2 Å². The highest BCUT2D eigenvalue weighted by Gasteiger charge is 2.16. The molecule has 0 bridgehead atoms. The Labute approximate surface area is 171 Å². The molecule has 0 atom stereocenters. The van der Waals surface area contributed by atoms with E-state index in [1.807, 2.05) is 12.1 Å². The molecular formula is C21H20N6OS. The minimum Gasteiger partial charge on any atom is -0.479 e. The fraction of sp³-hybridized carbons (Fsp3) is 0.238. The monoisotopic (exact) mass is 404 g/mol. The molecule has 1 fully saturated rings. The van der Waals surface area contributed by atoms with E-state index in [1.54, 1.807) is 6.33 Å². The maximum atomic E-state index is 7.92. The van der Waals surface area contributed by atoms with Crippen LogP contribution in [0.4, 0.5) is 17.2 Å². The molecule has 0 spiro atoms. The normalized spacial score (nSPS) is 13.9. The molecule has 7 nitrogen and oxygen atoms in total. The van der Waals surface area contributed by atoms with Crippen LogP contribution in [0, 0.1) is 5.41 Å². The van der Waals surface area contributed by atoms with Crippen LogP contribution in [0.2, 0.25) is 0 Å². The zero-order chi connectivity index (χ0) is 19.8. The molecule has 0 aliphatic carbocycles. The van der Waals surface area contributed by atoms with Crippen molar-refractivity contribution in [2.75, 3.05) is 30.4 Å². The summed E-state index contributed by atoms with van der Waals surface area (Å²) < 4.78 is 5.98.